The van der Waals surface area contributed by atoms with Gasteiger partial charge in [0.2, 0.25) is 0 Å². The number of carbonyl (C=O) groups is 2. The van der Waals surface area contributed by atoms with E-state index in [9.17, 15) is 9.59 Å². The summed E-state index contributed by atoms with van der Waals surface area (Å²) in [5.41, 5.74) is 3.75. The molecule has 0 bridgehead atoms. The Morgan fingerprint density at radius 2 is 1.77 bits per heavy atom. The molecule has 7 heteroatoms. The molecule has 1 aromatic carbocycles. The first-order valence-electron chi connectivity index (χ1n) is 8.20. The smallest absolute Gasteiger partial charge is 0.266 e. The van der Waals surface area contributed by atoms with Crippen molar-refractivity contribution in [2.75, 3.05) is 12.4 Å². The normalized spacial score (nSPS) is 10.8. The highest BCUT2D eigenvalue weighted by Gasteiger charge is 2.19. The van der Waals surface area contributed by atoms with Gasteiger partial charge >= 0.3 is 0 Å². The molecule has 0 aliphatic rings. The summed E-state index contributed by atoms with van der Waals surface area (Å²) in [6.07, 6.45) is 0. The summed E-state index contributed by atoms with van der Waals surface area (Å²) in [6, 6.07) is 5.23. The fraction of sp³-hybridized carbons (Fsp3) is 0.263. The predicted molar refractivity (Wildman–Crippen MR) is 104 cm³/mol. The van der Waals surface area contributed by atoms with Crippen molar-refractivity contribution in [3.8, 4) is 0 Å². The van der Waals surface area contributed by atoms with E-state index in [2.05, 4.69) is 20.6 Å². The lowest BCUT2D eigenvalue weighted by Crippen LogP contribution is -2.19. The van der Waals surface area contributed by atoms with E-state index in [1.165, 1.54) is 11.3 Å². The first kappa shape index (κ1) is 18.0. The number of carbonyl (C=O) groups excluding carboxylic acids is 2. The summed E-state index contributed by atoms with van der Waals surface area (Å²) in [4.78, 5) is 34.9. The molecule has 26 heavy (non-hydrogen) atoms. The molecule has 0 saturated carbocycles. The maximum Gasteiger partial charge on any atom is 0.266 e. The van der Waals surface area contributed by atoms with Gasteiger partial charge in [0, 0.05) is 29.4 Å². The quantitative estimate of drug-likeness (QED) is 0.741. The van der Waals surface area contributed by atoms with E-state index in [1.54, 1.807) is 19.2 Å². The molecule has 0 aliphatic heterocycles. The number of hydrogen-bond donors (Lipinski definition) is 2. The van der Waals surface area contributed by atoms with Crippen LogP contribution in [0.2, 0.25) is 0 Å². The summed E-state index contributed by atoms with van der Waals surface area (Å²) >= 11 is 1.36. The largest absolute Gasteiger partial charge is 0.355 e. The van der Waals surface area contributed by atoms with E-state index in [4.69, 9.17) is 0 Å². The Morgan fingerprint density at radius 1 is 1.04 bits per heavy atom. The van der Waals surface area contributed by atoms with E-state index in [-0.39, 0.29) is 11.8 Å². The third kappa shape index (κ3) is 3.17. The summed E-state index contributed by atoms with van der Waals surface area (Å²) in [5, 5.41) is 6.44. The zero-order valence-corrected chi connectivity index (χ0v) is 16.2. The number of amides is 2. The molecule has 0 fully saturated rings. The minimum absolute atomic E-state index is 0.195. The number of nitrogens with zero attached hydrogens (tertiary/aromatic N) is 2. The van der Waals surface area contributed by atoms with Crippen LogP contribution in [0.4, 0.5) is 5.69 Å². The van der Waals surface area contributed by atoms with Crippen LogP contribution in [0, 0.1) is 27.7 Å². The minimum Gasteiger partial charge on any atom is -0.355 e. The van der Waals surface area contributed by atoms with Gasteiger partial charge in [-0.05, 0) is 51.0 Å². The number of thiophene rings is 1. The Balaban J connectivity index is 1.99. The van der Waals surface area contributed by atoms with Crippen LogP contribution in [0.25, 0.3) is 10.2 Å². The van der Waals surface area contributed by atoms with Gasteiger partial charge in [0.25, 0.3) is 11.8 Å². The summed E-state index contributed by atoms with van der Waals surface area (Å²) in [6.45, 7) is 7.57. The minimum atomic E-state index is -0.209. The van der Waals surface area contributed by atoms with Crippen LogP contribution in [-0.4, -0.2) is 28.8 Å². The molecular weight excluding hydrogens is 348 g/mol. The fourth-order valence-corrected chi connectivity index (χ4v) is 4.08. The van der Waals surface area contributed by atoms with Crippen LogP contribution in [0.5, 0.6) is 0 Å². The summed E-state index contributed by atoms with van der Waals surface area (Å²) < 4.78 is 0. The SMILES string of the molecule is CNC(=O)c1ccc(C)c(NC(=O)c2sc3nc(C)nc(C)c3c2C)c1. The zero-order valence-electron chi connectivity index (χ0n) is 15.4. The lowest BCUT2D eigenvalue weighted by Gasteiger charge is -2.10. The van der Waals surface area contributed by atoms with E-state index in [0.717, 1.165) is 27.0 Å². The molecule has 0 radical (unpaired) electrons. The molecule has 2 heterocycles. The summed E-state index contributed by atoms with van der Waals surface area (Å²) in [7, 11) is 1.58. The number of aryl methyl sites for hydroxylation is 4. The third-order valence-electron chi connectivity index (χ3n) is 4.26. The van der Waals surface area contributed by atoms with Crippen molar-refractivity contribution in [1.82, 2.24) is 15.3 Å². The average molecular weight is 368 g/mol. The zero-order chi connectivity index (χ0) is 19.0. The van der Waals surface area contributed by atoms with E-state index in [0.29, 0.717) is 22.0 Å². The van der Waals surface area contributed by atoms with Gasteiger partial charge in [0.1, 0.15) is 10.7 Å². The third-order valence-corrected chi connectivity index (χ3v) is 5.45. The molecule has 2 N–H and O–H groups in total. The van der Waals surface area contributed by atoms with Crippen molar-refractivity contribution in [1.29, 1.82) is 0 Å². The van der Waals surface area contributed by atoms with Crippen molar-refractivity contribution in [3.63, 3.8) is 0 Å². The molecule has 3 rings (SSSR count). The van der Waals surface area contributed by atoms with Crippen molar-refractivity contribution in [2.45, 2.75) is 27.7 Å². The van der Waals surface area contributed by atoms with Gasteiger partial charge in [-0.15, -0.1) is 11.3 Å². The molecule has 2 aromatic heterocycles. The molecule has 134 valence electrons. The second-order valence-electron chi connectivity index (χ2n) is 6.16. The first-order valence-corrected chi connectivity index (χ1v) is 9.02. The maximum absolute atomic E-state index is 12.9. The van der Waals surface area contributed by atoms with Crippen LogP contribution in [0.1, 0.15) is 42.7 Å². The first-order chi connectivity index (χ1) is 12.3. The Kier molecular flexibility index (Phi) is 4.73. The average Bonchev–Trinajstić information content (AvgIpc) is 2.92. The molecule has 6 nitrogen and oxygen atoms in total. The maximum atomic E-state index is 12.9. The van der Waals surface area contributed by atoms with Crippen LogP contribution in [-0.2, 0) is 0 Å². The van der Waals surface area contributed by atoms with Crippen molar-refractivity contribution in [3.05, 3.63) is 51.3 Å². The van der Waals surface area contributed by atoms with Gasteiger partial charge in [-0.1, -0.05) is 6.07 Å². The number of aromatic nitrogens is 2. The second kappa shape index (κ2) is 6.84. The van der Waals surface area contributed by atoms with Gasteiger partial charge in [0.15, 0.2) is 0 Å². The highest BCUT2D eigenvalue weighted by atomic mass is 32.1. The van der Waals surface area contributed by atoms with Crippen LogP contribution in [0.3, 0.4) is 0 Å². The molecule has 0 spiro atoms. The number of rotatable bonds is 3. The number of fused-ring (bicyclic) bond motifs is 1. The molecule has 0 unspecified atom stereocenters. The van der Waals surface area contributed by atoms with Gasteiger partial charge in [0.05, 0.1) is 4.88 Å². The summed E-state index contributed by atoms with van der Waals surface area (Å²) in [5.74, 6) is 0.289. The number of hydrogen-bond acceptors (Lipinski definition) is 5. The molecular formula is C19H20N4O2S. The van der Waals surface area contributed by atoms with Crippen LogP contribution >= 0.6 is 11.3 Å². The van der Waals surface area contributed by atoms with E-state index >= 15 is 0 Å². The second-order valence-corrected chi connectivity index (χ2v) is 7.15. The van der Waals surface area contributed by atoms with Crippen molar-refractivity contribution >= 4 is 39.1 Å². The lowest BCUT2D eigenvalue weighted by atomic mass is 10.1. The van der Waals surface area contributed by atoms with Gasteiger partial charge in [-0.3, -0.25) is 9.59 Å². The molecule has 2 amide bonds. The topological polar surface area (TPSA) is 84.0 Å². The molecule has 0 atom stereocenters. The fourth-order valence-electron chi connectivity index (χ4n) is 2.91. The van der Waals surface area contributed by atoms with E-state index in [1.807, 2.05) is 33.8 Å². The van der Waals surface area contributed by atoms with Crippen LogP contribution < -0.4 is 10.6 Å². The number of anilines is 1. The standard InChI is InChI=1S/C19H20N4O2S/c1-9-6-7-13(17(24)20-5)8-14(9)23-18(25)16-10(2)15-11(3)21-12(4)22-19(15)26-16/h6-8H,1-5H3,(H,20,24)(H,23,25). The molecule has 0 aliphatic carbocycles. The van der Waals surface area contributed by atoms with Gasteiger partial charge in [-0.25, -0.2) is 9.97 Å². The molecule has 3 aromatic rings. The monoisotopic (exact) mass is 368 g/mol. The lowest BCUT2D eigenvalue weighted by molar-refractivity contribution is 0.0961. The Bertz CT molecular complexity index is 1040. The Labute approximate surface area is 155 Å². The van der Waals surface area contributed by atoms with Crippen molar-refractivity contribution < 1.29 is 9.59 Å². The Hall–Kier alpha value is -2.80. The molecule has 0 saturated heterocycles. The highest BCUT2D eigenvalue weighted by molar-refractivity contribution is 7.20. The number of benzene rings is 1. The van der Waals surface area contributed by atoms with Crippen molar-refractivity contribution in [2.24, 2.45) is 0 Å². The van der Waals surface area contributed by atoms with Gasteiger partial charge in [-0.2, -0.15) is 0 Å². The number of nitrogens with one attached hydrogen (secondary N) is 2. The Morgan fingerprint density at radius 3 is 2.46 bits per heavy atom. The highest BCUT2D eigenvalue weighted by Crippen LogP contribution is 2.32. The van der Waals surface area contributed by atoms with Crippen LogP contribution in [0.15, 0.2) is 18.2 Å². The van der Waals surface area contributed by atoms with Gasteiger partial charge < -0.3 is 10.6 Å². The predicted octanol–water partition coefficient (Wildman–Crippen LogP) is 3.54. The van der Waals surface area contributed by atoms with E-state index < -0.39 is 0 Å².